The molecule has 1 fully saturated rings. The molecule has 2 aromatic heterocycles. The monoisotopic (exact) mass is 526 g/mol. The van der Waals surface area contributed by atoms with E-state index < -0.39 is 11.6 Å². The van der Waals surface area contributed by atoms with Gasteiger partial charge >= 0.3 is 0 Å². The number of thiophene rings is 1. The summed E-state index contributed by atoms with van der Waals surface area (Å²) in [7, 11) is 0. The minimum Gasteiger partial charge on any atom is -0.398 e. The normalized spacial score (nSPS) is 23.0. The molecule has 1 aliphatic carbocycles. The molecule has 0 radical (unpaired) electrons. The van der Waals surface area contributed by atoms with E-state index in [0.29, 0.717) is 39.2 Å². The first-order valence-corrected chi connectivity index (χ1v) is 13.6. The van der Waals surface area contributed by atoms with Crippen LogP contribution in [0.2, 0.25) is 0 Å². The van der Waals surface area contributed by atoms with Gasteiger partial charge in [-0.2, -0.15) is 0 Å². The zero-order valence-corrected chi connectivity index (χ0v) is 21.9. The van der Waals surface area contributed by atoms with Gasteiger partial charge in [0.05, 0.1) is 21.3 Å². The molecule has 4 aromatic rings. The molecule has 2 aliphatic rings. The van der Waals surface area contributed by atoms with Crippen molar-refractivity contribution in [3.8, 4) is 11.3 Å². The minimum atomic E-state index is -1.53. The molecular formula is C29H30N6O2S. The van der Waals surface area contributed by atoms with E-state index in [1.54, 1.807) is 24.4 Å². The molecule has 3 heterocycles. The average Bonchev–Trinajstić information content (AvgIpc) is 3.34. The largest absolute Gasteiger partial charge is 0.398 e. The second-order valence-electron chi connectivity index (χ2n) is 10.1. The molecule has 3 atom stereocenters. The van der Waals surface area contributed by atoms with E-state index in [2.05, 4.69) is 15.6 Å². The van der Waals surface area contributed by atoms with E-state index in [9.17, 15) is 9.59 Å². The number of carbonyl (C=O) groups is 2. The van der Waals surface area contributed by atoms with Crippen molar-refractivity contribution in [2.45, 2.75) is 37.4 Å². The summed E-state index contributed by atoms with van der Waals surface area (Å²) < 4.78 is 0.720. The number of amides is 1. The second-order valence-corrected chi connectivity index (χ2v) is 11.1. The number of benzene rings is 2. The maximum atomic E-state index is 14.2. The first kappa shape index (κ1) is 24.7. The molecule has 2 aromatic carbocycles. The van der Waals surface area contributed by atoms with E-state index in [4.69, 9.17) is 17.2 Å². The number of nitrogens with zero attached hydrogens (tertiary/aromatic N) is 1. The van der Waals surface area contributed by atoms with Gasteiger partial charge in [-0.25, -0.2) is 0 Å². The molecule has 6 rings (SSSR count). The molecule has 1 amide bonds. The molecule has 1 aliphatic heterocycles. The molecule has 38 heavy (non-hydrogen) atoms. The smallest absolute Gasteiger partial charge is 0.262 e. The number of ketones is 1. The summed E-state index contributed by atoms with van der Waals surface area (Å²) in [4.78, 5) is 32.6. The highest BCUT2D eigenvalue weighted by molar-refractivity contribution is 7.21. The van der Waals surface area contributed by atoms with Gasteiger partial charge in [-0.15, -0.1) is 11.3 Å². The molecule has 3 unspecified atom stereocenters. The summed E-state index contributed by atoms with van der Waals surface area (Å²) in [5, 5.41) is 7.13. The van der Waals surface area contributed by atoms with Gasteiger partial charge in [-0.1, -0.05) is 36.4 Å². The van der Waals surface area contributed by atoms with Crippen LogP contribution in [0, 0.1) is 6.92 Å². The fraction of sp³-hybridized carbons (Fsp3) is 0.276. The molecule has 0 saturated carbocycles. The first-order valence-electron chi connectivity index (χ1n) is 12.8. The van der Waals surface area contributed by atoms with Crippen molar-refractivity contribution < 1.29 is 9.59 Å². The summed E-state index contributed by atoms with van der Waals surface area (Å²) in [6, 6.07) is 14.1. The highest BCUT2D eigenvalue weighted by Crippen LogP contribution is 2.50. The van der Waals surface area contributed by atoms with Gasteiger partial charge in [-0.05, 0) is 55.1 Å². The van der Waals surface area contributed by atoms with Crippen LogP contribution in [0.4, 0.5) is 5.69 Å². The lowest BCUT2D eigenvalue weighted by molar-refractivity contribution is -0.124. The predicted molar refractivity (Wildman–Crippen MR) is 151 cm³/mol. The minimum absolute atomic E-state index is 0.0190. The number of hydrogen-bond acceptors (Lipinski definition) is 8. The Kier molecular flexibility index (Phi) is 6.03. The van der Waals surface area contributed by atoms with Gasteiger partial charge in [-0.3, -0.25) is 14.6 Å². The average molecular weight is 527 g/mol. The maximum Gasteiger partial charge on any atom is 0.262 e. The number of nitrogens with two attached hydrogens (primary N) is 3. The molecule has 194 valence electrons. The third-order valence-corrected chi connectivity index (χ3v) is 9.08. The number of pyridine rings is 1. The predicted octanol–water partition coefficient (Wildman–Crippen LogP) is 3.12. The molecule has 8 nitrogen and oxygen atoms in total. The SMILES string of the molecule is Cc1c(C2(N)C(=O)C(N)c3c(C(=O)NC4CCCNC4)sc4c(N)ccc2c34)ccnc1-c1ccccc1. The van der Waals surface area contributed by atoms with E-state index in [-0.39, 0.29) is 17.7 Å². The Labute approximate surface area is 224 Å². The summed E-state index contributed by atoms with van der Waals surface area (Å²) in [5.41, 5.74) is 23.4. The zero-order chi connectivity index (χ0) is 26.6. The number of nitrogen functional groups attached to an aromatic ring is 1. The number of piperidine rings is 1. The number of hydrogen-bond donors (Lipinski definition) is 5. The third kappa shape index (κ3) is 3.65. The van der Waals surface area contributed by atoms with Crippen molar-refractivity contribution in [1.82, 2.24) is 15.6 Å². The van der Waals surface area contributed by atoms with Gasteiger partial charge in [0.2, 0.25) is 0 Å². The molecule has 0 spiro atoms. The number of nitrogens with one attached hydrogen (secondary N) is 2. The Hall–Kier alpha value is -3.63. The van der Waals surface area contributed by atoms with Crippen LogP contribution < -0.4 is 27.8 Å². The number of rotatable bonds is 4. The Balaban J connectivity index is 1.53. The molecule has 1 saturated heterocycles. The van der Waals surface area contributed by atoms with E-state index in [1.807, 2.05) is 37.3 Å². The van der Waals surface area contributed by atoms with Crippen LogP contribution in [0.1, 0.15) is 50.8 Å². The fourth-order valence-electron chi connectivity index (χ4n) is 5.90. The number of aromatic nitrogens is 1. The Morgan fingerprint density at radius 1 is 1.16 bits per heavy atom. The van der Waals surface area contributed by atoms with E-state index in [1.165, 1.54) is 11.3 Å². The molecule has 9 heteroatoms. The summed E-state index contributed by atoms with van der Waals surface area (Å²) >= 11 is 1.27. The van der Waals surface area contributed by atoms with Crippen molar-refractivity contribution in [2.24, 2.45) is 11.5 Å². The van der Waals surface area contributed by atoms with Gasteiger partial charge in [0.1, 0.15) is 5.54 Å². The quantitative estimate of drug-likeness (QED) is 0.257. The molecule has 8 N–H and O–H groups in total. The van der Waals surface area contributed by atoms with Crippen LogP contribution in [0.25, 0.3) is 21.3 Å². The van der Waals surface area contributed by atoms with Crippen molar-refractivity contribution in [3.63, 3.8) is 0 Å². The van der Waals surface area contributed by atoms with Crippen LogP contribution in [0.5, 0.6) is 0 Å². The van der Waals surface area contributed by atoms with Crippen LogP contribution >= 0.6 is 11.3 Å². The third-order valence-electron chi connectivity index (χ3n) is 7.83. The lowest BCUT2D eigenvalue weighted by Gasteiger charge is -2.37. The Bertz CT molecular complexity index is 1580. The highest BCUT2D eigenvalue weighted by atomic mass is 32.1. The van der Waals surface area contributed by atoms with Crippen molar-refractivity contribution >= 4 is 38.8 Å². The van der Waals surface area contributed by atoms with Gasteiger partial charge in [0.15, 0.2) is 5.78 Å². The van der Waals surface area contributed by atoms with Crippen LogP contribution in [-0.2, 0) is 10.3 Å². The standard InChI is InChI=1S/C29H30N6O2S/c1-15-18(11-13-34-24(15)16-6-3-2-4-7-16)29(32)19-9-10-20(30)25-21(19)22(23(31)27(29)36)26(38-25)28(37)35-17-8-5-12-33-14-17/h2-4,6-7,9-11,13,17,23,33H,5,8,12,14,30-32H2,1H3,(H,35,37). The number of Topliss-reactive ketones (excluding diaryl/α,β-unsaturated/α-hetero) is 1. The molecular weight excluding hydrogens is 496 g/mol. The zero-order valence-electron chi connectivity index (χ0n) is 21.1. The number of anilines is 1. The van der Waals surface area contributed by atoms with Gasteiger partial charge < -0.3 is 27.8 Å². The lowest BCUT2D eigenvalue weighted by Crippen LogP contribution is -2.53. The molecule has 0 bridgehead atoms. The summed E-state index contributed by atoms with van der Waals surface area (Å²) in [6.07, 6.45) is 3.56. The lowest BCUT2D eigenvalue weighted by atomic mass is 9.69. The van der Waals surface area contributed by atoms with Gasteiger partial charge in [0.25, 0.3) is 5.91 Å². The highest BCUT2D eigenvalue weighted by Gasteiger charge is 2.49. The topological polar surface area (TPSA) is 149 Å². The fourth-order valence-corrected chi connectivity index (χ4v) is 7.11. The van der Waals surface area contributed by atoms with Crippen molar-refractivity contribution in [3.05, 3.63) is 81.9 Å². The Morgan fingerprint density at radius 3 is 2.68 bits per heavy atom. The van der Waals surface area contributed by atoms with Crippen molar-refractivity contribution in [1.29, 1.82) is 0 Å². The van der Waals surface area contributed by atoms with Crippen LogP contribution in [-0.4, -0.2) is 35.8 Å². The maximum absolute atomic E-state index is 14.2. The second kappa shape index (κ2) is 9.28. The summed E-state index contributed by atoms with van der Waals surface area (Å²) in [5.74, 6) is -0.601. The van der Waals surface area contributed by atoms with Crippen LogP contribution in [0.3, 0.4) is 0 Å². The van der Waals surface area contributed by atoms with E-state index >= 15 is 0 Å². The van der Waals surface area contributed by atoms with Crippen LogP contribution in [0.15, 0.2) is 54.7 Å². The van der Waals surface area contributed by atoms with Gasteiger partial charge in [0, 0.05) is 41.0 Å². The summed E-state index contributed by atoms with van der Waals surface area (Å²) in [6.45, 7) is 3.58. The van der Waals surface area contributed by atoms with E-state index in [0.717, 1.165) is 40.9 Å². The Morgan fingerprint density at radius 2 is 1.95 bits per heavy atom. The first-order chi connectivity index (χ1) is 18.3. The number of carbonyl (C=O) groups excluding carboxylic acids is 2. The van der Waals surface area contributed by atoms with Crippen molar-refractivity contribution in [2.75, 3.05) is 18.8 Å².